The molecule has 4 nitrogen and oxygen atoms in total. The van der Waals surface area contributed by atoms with Crippen molar-refractivity contribution in [3.63, 3.8) is 0 Å². The normalized spacial score (nSPS) is 15.7. The molecule has 0 fully saturated rings. The highest BCUT2D eigenvalue weighted by Gasteiger charge is 2.51. The van der Waals surface area contributed by atoms with Crippen molar-refractivity contribution >= 4 is 80.7 Å². The van der Waals surface area contributed by atoms with Gasteiger partial charge >= 0.3 is 0 Å². The predicted octanol–water partition coefficient (Wildman–Crippen LogP) is 10.9. The molecule has 0 amide bonds. The third kappa shape index (κ3) is 3.72. The Morgan fingerprint density at radius 2 is 0.865 bits per heavy atom. The summed E-state index contributed by atoms with van der Waals surface area (Å²) in [6.07, 6.45) is 0. The number of ether oxygens (including phenoxy) is 2. The molecule has 0 atom stereocenters. The lowest BCUT2D eigenvalue weighted by molar-refractivity contribution is 0.461. The molecule has 12 rings (SSSR count). The van der Waals surface area contributed by atoms with Crippen LogP contribution in [0.25, 0.3) is 0 Å². The molecule has 0 N–H and O–H groups in total. The maximum Gasteiger partial charge on any atom is 0.261 e. The third-order valence-electron chi connectivity index (χ3n) is 11.4. The van der Waals surface area contributed by atoms with E-state index in [9.17, 15) is 0 Å². The van der Waals surface area contributed by atoms with Crippen molar-refractivity contribution < 1.29 is 9.47 Å². The largest absolute Gasteiger partial charge is 0.456 e. The van der Waals surface area contributed by atoms with Crippen LogP contribution in [-0.2, 0) is 5.41 Å². The maximum absolute atomic E-state index is 7.29. The molecule has 5 heterocycles. The van der Waals surface area contributed by atoms with E-state index >= 15 is 0 Å². The van der Waals surface area contributed by atoms with Gasteiger partial charge in [0.05, 0.1) is 34.1 Å². The molecule has 0 aromatic heterocycles. The molecule has 7 aromatic carbocycles. The summed E-state index contributed by atoms with van der Waals surface area (Å²) in [6.45, 7) is 4.64. The lowest BCUT2D eigenvalue weighted by Crippen LogP contribution is -2.64. The van der Waals surface area contributed by atoms with Crippen molar-refractivity contribution in [3.8, 4) is 23.0 Å². The number of rotatable bonds is 2. The zero-order valence-electron chi connectivity index (χ0n) is 28.4. The molecule has 0 spiro atoms. The second kappa shape index (κ2) is 10.3. The Morgan fingerprint density at radius 1 is 0.423 bits per heavy atom. The number of hydrogen-bond acceptors (Lipinski definition) is 6. The number of benzene rings is 7. The van der Waals surface area contributed by atoms with Crippen molar-refractivity contribution in [2.24, 2.45) is 0 Å². The fourth-order valence-electron chi connectivity index (χ4n) is 9.12. The van der Waals surface area contributed by atoms with Crippen LogP contribution in [0.3, 0.4) is 0 Å². The Labute approximate surface area is 311 Å². The van der Waals surface area contributed by atoms with E-state index in [0.717, 1.165) is 62.6 Å². The molecule has 0 unspecified atom stereocenters. The van der Waals surface area contributed by atoms with Crippen molar-refractivity contribution in [2.45, 2.75) is 38.8 Å². The summed E-state index contributed by atoms with van der Waals surface area (Å²) in [7, 11) is 0. The molecule has 246 valence electrons. The summed E-state index contributed by atoms with van der Waals surface area (Å²) in [6, 6.07) is 50.4. The highest BCUT2D eigenvalue weighted by Crippen LogP contribution is 2.57. The summed E-state index contributed by atoms with van der Waals surface area (Å²) in [5, 5.41) is 0. The standard InChI is InChI=1S/C45H29BN2O2S2/c1-45(2)26-12-11-17-34-40(26)46-41-27(45)22-23-32(47-28-13-3-7-18-36(28)51-37-19-8-4-14-29(37)47)43(41)50-35-25-24-33(44(49-34)42(35)46)48-30-15-5-9-20-38(30)52-39-21-10-6-16-31(39)48/h3-25H,1-2H3. The van der Waals surface area contributed by atoms with Crippen molar-refractivity contribution in [3.05, 3.63) is 151 Å². The van der Waals surface area contributed by atoms with Crippen LogP contribution in [-0.4, -0.2) is 6.71 Å². The van der Waals surface area contributed by atoms with Crippen molar-refractivity contribution in [2.75, 3.05) is 9.80 Å². The lowest BCUT2D eigenvalue weighted by atomic mass is 9.30. The molecule has 7 heteroatoms. The molecule has 0 bridgehead atoms. The van der Waals surface area contributed by atoms with Gasteiger partial charge in [0.25, 0.3) is 6.71 Å². The van der Waals surface area contributed by atoms with E-state index < -0.39 is 0 Å². The quantitative estimate of drug-likeness (QED) is 0.166. The highest BCUT2D eigenvalue weighted by molar-refractivity contribution is 8.00. The fourth-order valence-corrected chi connectivity index (χ4v) is 11.2. The van der Waals surface area contributed by atoms with Crippen LogP contribution < -0.4 is 35.7 Å². The molecule has 0 radical (unpaired) electrons. The molecule has 5 aliphatic heterocycles. The van der Waals surface area contributed by atoms with Crippen LogP contribution in [0.2, 0.25) is 0 Å². The number of hydrogen-bond donors (Lipinski definition) is 0. The zero-order valence-corrected chi connectivity index (χ0v) is 30.0. The van der Waals surface area contributed by atoms with Crippen LogP contribution in [0.1, 0.15) is 25.0 Å². The first-order valence-corrected chi connectivity index (χ1v) is 19.3. The lowest BCUT2D eigenvalue weighted by Gasteiger charge is -2.46. The molecular weight excluding hydrogens is 675 g/mol. The Bertz CT molecular complexity index is 2640. The van der Waals surface area contributed by atoms with Gasteiger partial charge in [0.1, 0.15) is 23.0 Å². The average Bonchev–Trinajstić information content (AvgIpc) is 3.18. The van der Waals surface area contributed by atoms with Crippen LogP contribution in [0.4, 0.5) is 34.1 Å². The van der Waals surface area contributed by atoms with Gasteiger partial charge in [-0.15, -0.1) is 0 Å². The van der Waals surface area contributed by atoms with Crippen molar-refractivity contribution in [1.29, 1.82) is 0 Å². The van der Waals surface area contributed by atoms with Crippen molar-refractivity contribution in [1.82, 2.24) is 0 Å². The van der Waals surface area contributed by atoms with Gasteiger partial charge in [0.15, 0.2) is 0 Å². The van der Waals surface area contributed by atoms with Gasteiger partial charge in [-0.1, -0.05) is 104 Å². The van der Waals surface area contributed by atoms with Gasteiger partial charge in [-0.25, -0.2) is 0 Å². The number of anilines is 6. The summed E-state index contributed by atoms with van der Waals surface area (Å²) < 4.78 is 14.4. The summed E-state index contributed by atoms with van der Waals surface area (Å²) >= 11 is 3.64. The van der Waals surface area contributed by atoms with Crippen LogP contribution in [0.5, 0.6) is 23.0 Å². The van der Waals surface area contributed by atoms with E-state index in [-0.39, 0.29) is 12.1 Å². The first-order valence-electron chi connectivity index (χ1n) is 17.7. The van der Waals surface area contributed by atoms with E-state index in [0.29, 0.717) is 0 Å². The second-order valence-electron chi connectivity index (χ2n) is 14.4. The summed E-state index contributed by atoms with van der Waals surface area (Å²) in [4.78, 5) is 9.69. The van der Waals surface area contributed by atoms with Gasteiger partial charge in [-0.2, -0.15) is 0 Å². The smallest absolute Gasteiger partial charge is 0.261 e. The molecule has 0 saturated heterocycles. The number of para-hydroxylation sites is 4. The molecular formula is C45H29BN2O2S2. The topological polar surface area (TPSA) is 24.9 Å². The third-order valence-corrected chi connectivity index (χ3v) is 13.6. The average molecular weight is 705 g/mol. The monoisotopic (exact) mass is 704 g/mol. The molecule has 5 aliphatic rings. The summed E-state index contributed by atoms with van der Waals surface area (Å²) in [5.41, 5.74) is 12.6. The van der Waals surface area contributed by atoms with Gasteiger partial charge in [-0.3, -0.25) is 0 Å². The molecule has 7 aromatic rings. The van der Waals surface area contributed by atoms with E-state index in [2.05, 4.69) is 163 Å². The van der Waals surface area contributed by atoms with Gasteiger partial charge in [0, 0.05) is 30.5 Å². The molecule has 52 heavy (non-hydrogen) atoms. The maximum atomic E-state index is 7.29. The van der Waals surface area contributed by atoms with E-state index in [1.54, 1.807) is 0 Å². The zero-order chi connectivity index (χ0) is 34.3. The minimum atomic E-state index is -0.265. The molecule has 0 saturated carbocycles. The van der Waals surface area contributed by atoms with Gasteiger partial charge in [0.2, 0.25) is 0 Å². The number of nitrogens with zero attached hydrogens (tertiary/aromatic N) is 2. The number of fused-ring (bicyclic) bond motifs is 4. The first-order chi connectivity index (χ1) is 25.6. The van der Waals surface area contributed by atoms with E-state index in [4.69, 9.17) is 9.47 Å². The van der Waals surface area contributed by atoms with E-state index in [1.165, 1.54) is 41.6 Å². The Hall–Kier alpha value is -5.50. The Morgan fingerprint density at radius 3 is 1.40 bits per heavy atom. The first kappa shape index (κ1) is 29.1. The predicted molar refractivity (Wildman–Crippen MR) is 214 cm³/mol. The van der Waals surface area contributed by atoms with Gasteiger partial charge in [-0.05, 0) is 94.8 Å². The van der Waals surface area contributed by atoms with Gasteiger partial charge < -0.3 is 19.3 Å². The SMILES string of the molecule is CC1(C)c2cccc3c2B2c4c(ccc(N5c6ccccc6Sc6ccccc65)c4O3)Oc3c(N4c5ccccc5Sc5ccccc54)ccc1c32. The summed E-state index contributed by atoms with van der Waals surface area (Å²) in [5.74, 6) is 3.54. The van der Waals surface area contributed by atoms with Crippen LogP contribution in [0.15, 0.2) is 159 Å². The fraction of sp³-hybridized carbons (Fsp3) is 0.0667. The van der Waals surface area contributed by atoms with Crippen LogP contribution in [0, 0.1) is 0 Å². The van der Waals surface area contributed by atoms with E-state index in [1.807, 2.05) is 23.5 Å². The minimum Gasteiger partial charge on any atom is -0.456 e. The minimum absolute atomic E-state index is 0.0501. The second-order valence-corrected chi connectivity index (χ2v) is 16.6. The highest BCUT2D eigenvalue weighted by atomic mass is 32.2. The molecule has 0 aliphatic carbocycles. The van der Waals surface area contributed by atoms with Crippen LogP contribution >= 0.6 is 23.5 Å². The Kier molecular flexibility index (Phi) is 5.77. The Balaban J connectivity index is 1.14.